The number of hydrogen-bond acceptors (Lipinski definition) is 5. The third-order valence-corrected chi connectivity index (χ3v) is 5.72. The van der Waals surface area contributed by atoms with Gasteiger partial charge in [0.25, 0.3) is 11.8 Å². The Balaban J connectivity index is 1.48. The number of methoxy groups -OCH3 is 1. The van der Waals surface area contributed by atoms with Gasteiger partial charge in [0.05, 0.1) is 24.9 Å². The highest BCUT2D eigenvalue weighted by atomic mass is 16.5. The normalized spacial score (nSPS) is 14.5. The molecule has 176 valence electrons. The van der Waals surface area contributed by atoms with E-state index in [-0.39, 0.29) is 11.8 Å². The molecule has 0 spiro atoms. The minimum absolute atomic E-state index is 0.235. The van der Waals surface area contributed by atoms with E-state index in [4.69, 9.17) is 14.6 Å². The third kappa shape index (κ3) is 4.59. The molecule has 5 rings (SSSR count). The summed E-state index contributed by atoms with van der Waals surface area (Å²) < 4.78 is 12.9. The smallest absolute Gasteiger partial charge is 0.265 e. The zero-order chi connectivity index (χ0) is 24.4. The molecule has 1 aliphatic rings. The van der Waals surface area contributed by atoms with Crippen molar-refractivity contribution in [2.24, 2.45) is 0 Å². The second kappa shape index (κ2) is 9.34. The van der Waals surface area contributed by atoms with E-state index in [1.165, 1.54) is 0 Å². The molecule has 3 aromatic carbocycles. The Labute approximate surface area is 202 Å². The van der Waals surface area contributed by atoms with Crippen LogP contribution in [-0.4, -0.2) is 34.8 Å². The number of nitrogens with zero attached hydrogens (tertiary/aromatic N) is 2. The molecular formula is C27H24N4O4. The lowest BCUT2D eigenvalue weighted by Crippen LogP contribution is -2.34. The van der Waals surface area contributed by atoms with Crippen LogP contribution in [0, 0.1) is 0 Å². The van der Waals surface area contributed by atoms with Crippen molar-refractivity contribution in [2.75, 3.05) is 17.7 Å². The number of carbonyl (C=O) groups is 2. The van der Waals surface area contributed by atoms with Gasteiger partial charge in [0, 0.05) is 17.4 Å². The van der Waals surface area contributed by atoms with Gasteiger partial charge in [-0.15, -0.1) is 0 Å². The van der Waals surface area contributed by atoms with Crippen LogP contribution >= 0.6 is 0 Å². The van der Waals surface area contributed by atoms with Gasteiger partial charge in [0.2, 0.25) is 0 Å². The number of para-hydroxylation sites is 1. The van der Waals surface area contributed by atoms with Gasteiger partial charge in [-0.05, 0) is 42.8 Å². The monoisotopic (exact) mass is 468 g/mol. The van der Waals surface area contributed by atoms with Crippen molar-refractivity contribution in [3.63, 3.8) is 0 Å². The lowest BCUT2D eigenvalue weighted by Gasteiger charge is -2.23. The van der Waals surface area contributed by atoms with E-state index in [1.54, 1.807) is 43.1 Å². The molecular weight excluding hydrogens is 444 g/mol. The number of aromatic nitrogens is 2. The van der Waals surface area contributed by atoms with E-state index in [0.29, 0.717) is 46.2 Å². The first-order valence-electron chi connectivity index (χ1n) is 11.2. The summed E-state index contributed by atoms with van der Waals surface area (Å²) in [7, 11) is 1.59. The number of amides is 2. The largest absolute Gasteiger partial charge is 0.496 e. The predicted octanol–water partition coefficient (Wildman–Crippen LogP) is 4.58. The van der Waals surface area contributed by atoms with E-state index in [9.17, 15) is 9.59 Å². The topological polar surface area (TPSA) is 94.5 Å². The molecule has 2 amide bonds. The maximum Gasteiger partial charge on any atom is 0.265 e. The molecule has 1 aromatic heterocycles. The molecule has 0 saturated heterocycles. The zero-order valence-electron chi connectivity index (χ0n) is 19.3. The molecule has 2 heterocycles. The minimum Gasteiger partial charge on any atom is -0.496 e. The van der Waals surface area contributed by atoms with E-state index < -0.39 is 6.10 Å². The van der Waals surface area contributed by atoms with Crippen molar-refractivity contribution in [3.8, 4) is 22.8 Å². The van der Waals surface area contributed by atoms with Crippen LogP contribution < -0.4 is 20.1 Å². The Hall–Kier alpha value is -4.59. The average molecular weight is 469 g/mol. The predicted molar refractivity (Wildman–Crippen MR) is 133 cm³/mol. The van der Waals surface area contributed by atoms with Crippen LogP contribution in [0.1, 0.15) is 22.8 Å². The zero-order valence-corrected chi connectivity index (χ0v) is 19.3. The van der Waals surface area contributed by atoms with Gasteiger partial charge in [-0.3, -0.25) is 14.3 Å². The molecule has 0 bridgehead atoms. The van der Waals surface area contributed by atoms with Crippen LogP contribution in [0.3, 0.4) is 0 Å². The highest BCUT2D eigenvalue weighted by Gasteiger charge is 2.25. The van der Waals surface area contributed by atoms with Gasteiger partial charge in [-0.25, -0.2) is 0 Å². The van der Waals surface area contributed by atoms with Crippen molar-refractivity contribution >= 4 is 23.2 Å². The molecule has 1 atom stereocenters. The fraction of sp³-hybridized carbons (Fsp3) is 0.148. The molecule has 0 aliphatic carbocycles. The number of ether oxygens (including phenoxy) is 2. The lowest BCUT2D eigenvalue weighted by molar-refractivity contribution is -0.122. The van der Waals surface area contributed by atoms with Crippen molar-refractivity contribution in [1.82, 2.24) is 9.78 Å². The molecule has 0 saturated carbocycles. The number of anilines is 2. The summed E-state index contributed by atoms with van der Waals surface area (Å²) in [5.41, 5.74) is 3.72. The average Bonchev–Trinajstić information content (AvgIpc) is 3.29. The van der Waals surface area contributed by atoms with Gasteiger partial charge in [-0.1, -0.05) is 42.5 Å². The maximum absolute atomic E-state index is 13.4. The Morgan fingerprint density at radius 3 is 2.69 bits per heavy atom. The van der Waals surface area contributed by atoms with Crippen molar-refractivity contribution in [3.05, 3.63) is 90.1 Å². The number of benzene rings is 3. The standard InChI is InChI=1S/C27H24N4O4/c1-17-26(32)29-22-14-19(12-13-24(22)35-17)28-27(33)21-16-31(15-18-8-4-3-5-9-18)30-25(21)20-10-6-7-11-23(20)34-2/h3-14,16-17H,15H2,1-2H3,(H,28,33)(H,29,32)/t17-/m0/s1. The van der Waals surface area contributed by atoms with Crippen LogP contribution in [0.2, 0.25) is 0 Å². The highest BCUT2D eigenvalue weighted by molar-refractivity contribution is 6.09. The van der Waals surface area contributed by atoms with E-state index in [1.807, 2.05) is 54.6 Å². The minimum atomic E-state index is -0.568. The summed E-state index contributed by atoms with van der Waals surface area (Å²) in [5, 5.41) is 10.5. The van der Waals surface area contributed by atoms with Crippen LogP contribution in [0.5, 0.6) is 11.5 Å². The Bertz CT molecular complexity index is 1400. The summed E-state index contributed by atoms with van der Waals surface area (Å²) >= 11 is 0. The molecule has 4 aromatic rings. The lowest BCUT2D eigenvalue weighted by atomic mass is 10.1. The molecule has 8 heteroatoms. The third-order valence-electron chi connectivity index (χ3n) is 5.72. The van der Waals surface area contributed by atoms with E-state index >= 15 is 0 Å². The van der Waals surface area contributed by atoms with E-state index in [2.05, 4.69) is 10.6 Å². The van der Waals surface area contributed by atoms with Gasteiger partial charge < -0.3 is 20.1 Å². The quantitative estimate of drug-likeness (QED) is 0.432. The Kier molecular flexibility index (Phi) is 5.93. The van der Waals surface area contributed by atoms with Gasteiger partial charge in [0.1, 0.15) is 17.2 Å². The van der Waals surface area contributed by atoms with Gasteiger partial charge >= 0.3 is 0 Å². The summed E-state index contributed by atoms with van der Waals surface area (Å²) in [6.07, 6.45) is 1.16. The number of hydrogen-bond donors (Lipinski definition) is 2. The van der Waals surface area contributed by atoms with Crippen molar-refractivity contribution in [2.45, 2.75) is 19.6 Å². The highest BCUT2D eigenvalue weighted by Crippen LogP contribution is 2.34. The first-order chi connectivity index (χ1) is 17.0. The van der Waals surface area contributed by atoms with Crippen LogP contribution in [0.4, 0.5) is 11.4 Å². The second-order valence-corrected chi connectivity index (χ2v) is 8.19. The molecule has 0 radical (unpaired) electrons. The van der Waals surface area contributed by atoms with Crippen LogP contribution in [0.15, 0.2) is 79.0 Å². The summed E-state index contributed by atoms with van der Waals surface area (Å²) in [4.78, 5) is 25.4. The Morgan fingerprint density at radius 1 is 1.11 bits per heavy atom. The number of nitrogens with one attached hydrogen (secondary N) is 2. The second-order valence-electron chi connectivity index (χ2n) is 8.19. The maximum atomic E-state index is 13.4. The molecule has 1 aliphatic heterocycles. The fourth-order valence-corrected chi connectivity index (χ4v) is 3.96. The Morgan fingerprint density at radius 2 is 1.89 bits per heavy atom. The van der Waals surface area contributed by atoms with Crippen LogP contribution in [-0.2, 0) is 11.3 Å². The number of fused-ring (bicyclic) bond motifs is 1. The molecule has 8 nitrogen and oxygen atoms in total. The first-order valence-corrected chi connectivity index (χ1v) is 11.2. The number of rotatable bonds is 6. The fourth-order valence-electron chi connectivity index (χ4n) is 3.96. The molecule has 2 N–H and O–H groups in total. The summed E-state index contributed by atoms with van der Waals surface area (Å²) in [6.45, 7) is 2.19. The number of carbonyl (C=O) groups excluding carboxylic acids is 2. The first kappa shape index (κ1) is 22.2. The van der Waals surface area contributed by atoms with Crippen LogP contribution in [0.25, 0.3) is 11.3 Å². The van der Waals surface area contributed by atoms with Gasteiger partial charge in [0.15, 0.2) is 6.10 Å². The summed E-state index contributed by atoms with van der Waals surface area (Å²) in [6, 6.07) is 22.5. The van der Waals surface area contributed by atoms with E-state index in [0.717, 1.165) is 5.56 Å². The molecule has 0 fully saturated rings. The SMILES string of the molecule is COc1ccccc1-c1nn(Cc2ccccc2)cc1C(=O)Nc1ccc2c(c1)NC(=O)[C@H](C)O2. The van der Waals surface area contributed by atoms with Crippen molar-refractivity contribution < 1.29 is 19.1 Å². The summed E-state index contributed by atoms with van der Waals surface area (Å²) in [5.74, 6) is 0.609. The molecule has 0 unspecified atom stereocenters. The van der Waals surface area contributed by atoms with Gasteiger partial charge in [-0.2, -0.15) is 5.10 Å². The molecule has 35 heavy (non-hydrogen) atoms. The van der Waals surface area contributed by atoms with Crippen molar-refractivity contribution in [1.29, 1.82) is 0 Å².